The fourth-order valence-electron chi connectivity index (χ4n) is 3.93. The highest BCUT2D eigenvalue weighted by molar-refractivity contribution is 9.10. The van der Waals surface area contributed by atoms with Crippen molar-refractivity contribution in [1.29, 1.82) is 0 Å². The maximum absolute atomic E-state index is 13.0. The van der Waals surface area contributed by atoms with Crippen LogP contribution >= 0.6 is 15.9 Å². The Bertz CT molecular complexity index is 1010. The van der Waals surface area contributed by atoms with Gasteiger partial charge in [0, 0.05) is 10.7 Å². The minimum Gasteiger partial charge on any atom is -0.349 e. The number of H-pyrrole nitrogens is 1. The number of benzene rings is 1. The molecule has 0 unspecified atom stereocenters. The number of halogens is 1. The van der Waals surface area contributed by atoms with Gasteiger partial charge < -0.3 is 10.3 Å². The number of rotatable bonds is 4. The fraction of sp³-hybridized carbons (Fsp3) is 0.273. The molecule has 0 spiro atoms. The first-order chi connectivity index (χ1) is 13.0. The van der Waals surface area contributed by atoms with Gasteiger partial charge in [-0.25, -0.2) is 0 Å². The maximum Gasteiger partial charge on any atom is 0.268 e. The van der Waals surface area contributed by atoms with Crippen molar-refractivity contribution in [3.8, 4) is 0 Å². The van der Waals surface area contributed by atoms with E-state index in [-0.39, 0.29) is 11.4 Å². The Hall–Kier alpha value is -2.40. The SMILES string of the molecule is C=C(C)c1ccc(C2(NC(=O)c3cc4ncc(Br)cc4[nH]3)CCCC2)cc1. The maximum atomic E-state index is 13.0. The molecule has 27 heavy (non-hydrogen) atoms. The molecule has 0 atom stereocenters. The first-order valence-electron chi connectivity index (χ1n) is 9.20. The summed E-state index contributed by atoms with van der Waals surface area (Å²) in [7, 11) is 0. The summed E-state index contributed by atoms with van der Waals surface area (Å²) in [4.78, 5) is 20.6. The molecule has 2 N–H and O–H groups in total. The van der Waals surface area contributed by atoms with Crippen LogP contribution in [-0.2, 0) is 5.54 Å². The largest absolute Gasteiger partial charge is 0.349 e. The third-order valence-electron chi connectivity index (χ3n) is 5.42. The lowest BCUT2D eigenvalue weighted by molar-refractivity contribution is 0.0894. The van der Waals surface area contributed by atoms with E-state index in [1.165, 1.54) is 0 Å². The lowest BCUT2D eigenvalue weighted by atomic mass is 9.87. The molecule has 2 heterocycles. The molecule has 0 radical (unpaired) electrons. The van der Waals surface area contributed by atoms with E-state index < -0.39 is 0 Å². The number of allylic oxidation sites excluding steroid dienone is 1. The van der Waals surface area contributed by atoms with E-state index in [0.717, 1.165) is 57.9 Å². The van der Waals surface area contributed by atoms with Crippen molar-refractivity contribution in [2.24, 2.45) is 0 Å². The van der Waals surface area contributed by atoms with Gasteiger partial charge in [0.05, 0.1) is 16.6 Å². The molecule has 5 heteroatoms. The van der Waals surface area contributed by atoms with Gasteiger partial charge in [-0.15, -0.1) is 0 Å². The topological polar surface area (TPSA) is 57.8 Å². The number of hydrogen-bond acceptors (Lipinski definition) is 2. The second kappa shape index (κ2) is 6.97. The quantitative estimate of drug-likeness (QED) is 0.576. The number of pyridine rings is 1. The molecular weight excluding hydrogens is 402 g/mol. The molecule has 1 fully saturated rings. The minimum absolute atomic E-state index is 0.0880. The van der Waals surface area contributed by atoms with Gasteiger partial charge in [0.2, 0.25) is 0 Å². The summed E-state index contributed by atoms with van der Waals surface area (Å²) < 4.78 is 0.883. The highest BCUT2D eigenvalue weighted by Crippen LogP contribution is 2.39. The lowest BCUT2D eigenvalue weighted by Crippen LogP contribution is -2.43. The standard InChI is InChI=1S/C22H22BrN3O/c1-14(2)15-5-7-16(8-6-15)22(9-3-4-10-22)26-21(27)20-12-18-19(25-20)11-17(23)13-24-18/h5-8,11-13,25H,1,3-4,9-10H2,2H3,(H,26,27). The Labute approximate surface area is 167 Å². The van der Waals surface area contributed by atoms with Crippen molar-refractivity contribution >= 4 is 38.4 Å². The third kappa shape index (κ3) is 3.44. The van der Waals surface area contributed by atoms with Crippen LogP contribution in [0.5, 0.6) is 0 Å². The molecule has 0 saturated heterocycles. The highest BCUT2D eigenvalue weighted by Gasteiger charge is 2.37. The smallest absolute Gasteiger partial charge is 0.268 e. The van der Waals surface area contributed by atoms with Gasteiger partial charge in [0.1, 0.15) is 5.69 Å². The van der Waals surface area contributed by atoms with Gasteiger partial charge >= 0.3 is 0 Å². The van der Waals surface area contributed by atoms with Crippen LogP contribution in [0.15, 0.2) is 53.6 Å². The van der Waals surface area contributed by atoms with E-state index in [1.807, 2.05) is 19.1 Å². The molecule has 3 aromatic rings. The van der Waals surface area contributed by atoms with Crippen LogP contribution in [0.3, 0.4) is 0 Å². The highest BCUT2D eigenvalue weighted by atomic mass is 79.9. The molecular formula is C22H22BrN3O. The summed E-state index contributed by atoms with van der Waals surface area (Å²) in [6.45, 7) is 6.01. The van der Waals surface area contributed by atoms with Crippen molar-refractivity contribution in [3.05, 3.63) is 70.5 Å². The lowest BCUT2D eigenvalue weighted by Gasteiger charge is -2.31. The van der Waals surface area contributed by atoms with Crippen LogP contribution in [0.4, 0.5) is 0 Å². The van der Waals surface area contributed by atoms with Crippen molar-refractivity contribution in [2.45, 2.75) is 38.1 Å². The predicted molar refractivity (Wildman–Crippen MR) is 113 cm³/mol. The average molecular weight is 424 g/mol. The first kappa shape index (κ1) is 18.0. The molecule has 138 valence electrons. The third-order valence-corrected chi connectivity index (χ3v) is 5.85. The van der Waals surface area contributed by atoms with E-state index in [2.05, 4.69) is 62.1 Å². The number of fused-ring (bicyclic) bond motifs is 1. The summed E-state index contributed by atoms with van der Waals surface area (Å²) in [6.07, 6.45) is 5.87. The second-order valence-corrected chi connectivity index (χ2v) is 8.29. The van der Waals surface area contributed by atoms with E-state index in [0.29, 0.717) is 5.69 Å². The van der Waals surface area contributed by atoms with Gasteiger partial charge in [0.15, 0.2) is 0 Å². The number of nitrogens with one attached hydrogen (secondary N) is 2. The zero-order chi connectivity index (χ0) is 19.0. The molecule has 1 aromatic carbocycles. The molecule has 2 aromatic heterocycles. The summed E-state index contributed by atoms with van der Waals surface area (Å²) in [5.74, 6) is -0.0880. The summed E-state index contributed by atoms with van der Waals surface area (Å²) in [5, 5.41) is 3.32. The van der Waals surface area contributed by atoms with Gasteiger partial charge in [-0.1, -0.05) is 49.3 Å². The number of aromatic amines is 1. The van der Waals surface area contributed by atoms with Crippen LogP contribution < -0.4 is 5.32 Å². The van der Waals surface area contributed by atoms with Crippen LogP contribution in [-0.4, -0.2) is 15.9 Å². The summed E-state index contributed by atoms with van der Waals surface area (Å²) in [6, 6.07) is 12.2. The van der Waals surface area contributed by atoms with Gasteiger partial charge in [0.25, 0.3) is 5.91 Å². The molecule has 1 amide bonds. The van der Waals surface area contributed by atoms with Crippen LogP contribution in [0.2, 0.25) is 0 Å². The number of nitrogens with zero attached hydrogens (tertiary/aromatic N) is 1. The van der Waals surface area contributed by atoms with E-state index in [4.69, 9.17) is 0 Å². The Kier molecular flexibility index (Phi) is 4.64. The molecule has 1 aliphatic carbocycles. The number of carbonyl (C=O) groups is 1. The number of amides is 1. The average Bonchev–Trinajstić information content (AvgIpc) is 3.29. The van der Waals surface area contributed by atoms with E-state index in [1.54, 1.807) is 6.20 Å². The van der Waals surface area contributed by atoms with Crippen LogP contribution in [0, 0.1) is 0 Å². The van der Waals surface area contributed by atoms with Crippen LogP contribution in [0.1, 0.15) is 54.2 Å². The monoisotopic (exact) mass is 423 g/mol. The zero-order valence-corrected chi connectivity index (χ0v) is 16.9. The van der Waals surface area contributed by atoms with Gasteiger partial charge in [-0.05, 0) is 59.0 Å². The van der Waals surface area contributed by atoms with E-state index in [9.17, 15) is 4.79 Å². The van der Waals surface area contributed by atoms with Crippen molar-refractivity contribution in [3.63, 3.8) is 0 Å². The minimum atomic E-state index is -0.310. The predicted octanol–water partition coefficient (Wildman–Crippen LogP) is 5.56. The molecule has 0 bridgehead atoms. The van der Waals surface area contributed by atoms with Gasteiger partial charge in [-0.2, -0.15) is 0 Å². The van der Waals surface area contributed by atoms with Crippen molar-refractivity contribution in [1.82, 2.24) is 15.3 Å². The van der Waals surface area contributed by atoms with Crippen LogP contribution in [0.25, 0.3) is 16.6 Å². The molecule has 1 saturated carbocycles. The Morgan fingerprint density at radius 2 is 1.93 bits per heavy atom. The second-order valence-electron chi connectivity index (χ2n) is 7.37. The van der Waals surface area contributed by atoms with Crippen molar-refractivity contribution < 1.29 is 4.79 Å². The van der Waals surface area contributed by atoms with E-state index >= 15 is 0 Å². The van der Waals surface area contributed by atoms with Crippen molar-refractivity contribution in [2.75, 3.05) is 0 Å². The zero-order valence-electron chi connectivity index (χ0n) is 15.3. The summed E-state index contributed by atoms with van der Waals surface area (Å²) >= 11 is 3.42. The Morgan fingerprint density at radius 1 is 1.22 bits per heavy atom. The Balaban J connectivity index is 1.63. The normalized spacial score (nSPS) is 15.8. The molecule has 4 nitrogen and oxygen atoms in total. The number of carbonyl (C=O) groups excluding carboxylic acids is 1. The molecule has 0 aliphatic heterocycles. The van der Waals surface area contributed by atoms with Gasteiger partial charge in [-0.3, -0.25) is 9.78 Å². The molecule has 1 aliphatic rings. The number of aromatic nitrogens is 2. The Morgan fingerprint density at radius 3 is 2.59 bits per heavy atom. The molecule has 4 rings (SSSR count). The first-order valence-corrected chi connectivity index (χ1v) is 9.99. The fourth-order valence-corrected chi connectivity index (χ4v) is 4.26. The summed E-state index contributed by atoms with van der Waals surface area (Å²) in [5.41, 5.74) is 5.20. The number of hydrogen-bond donors (Lipinski definition) is 2.